The molecular formula is C20H20BrN3O4S2. The summed E-state index contributed by atoms with van der Waals surface area (Å²) < 4.78 is 30.8. The molecule has 2 heterocycles. The number of anilines is 2. The van der Waals surface area contributed by atoms with Crippen molar-refractivity contribution in [3.63, 3.8) is 0 Å². The molecule has 1 saturated heterocycles. The second-order valence-electron chi connectivity index (χ2n) is 7.01. The van der Waals surface area contributed by atoms with Crippen LogP contribution < -0.4 is 15.0 Å². The van der Waals surface area contributed by atoms with Gasteiger partial charge in [-0.05, 0) is 36.4 Å². The van der Waals surface area contributed by atoms with Crippen LogP contribution in [0.25, 0.3) is 0 Å². The molecule has 1 N–H and O–H groups in total. The molecular weight excluding hydrogens is 490 g/mol. The van der Waals surface area contributed by atoms with E-state index in [4.69, 9.17) is 4.74 Å². The molecule has 7 nitrogen and oxygen atoms in total. The van der Waals surface area contributed by atoms with Crippen LogP contribution >= 0.6 is 27.7 Å². The SMILES string of the molecule is COc1ccccc1N1C(SCC(=O)Nc2ccc(Br)cc2)=N[C@H]2CS(=O)(=O)C[C@H]21. The lowest BCUT2D eigenvalue weighted by atomic mass is 10.1. The van der Waals surface area contributed by atoms with Gasteiger partial charge in [-0.25, -0.2) is 8.42 Å². The normalized spacial score (nSPS) is 21.8. The Morgan fingerprint density at radius 3 is 2.70 bits per heavy atom. The fourth-order valence-corrected chi connectivity index (χ4v) is 6.63. The summed E-state index contributed by atoms with van der Waals surface area (Å²) in [5.74, 6) is 0.698. The van der Waals surface area contributed by atoms with Crippen molar-refractivity contribution >= 4 is 60.0 Å². The molecule has 0 radical (unpaired) electrons. The molecule has 2 aliphatic rings. The third-order valence-electron chi connectivity index (χ3n) is 4.91. The van der Waals surface area contributed by atoms with Crippen LogP contribution in [-0.4, -0.2) is 55.9 Å². The number of ether oxygens (including phenoxy) is 1. The molecule has 10 heteroatoms. The minimum Gasteiger partial charge on any atom is -0.495 e. The summed E-state index contributed by atoms with van der Waals surface area (Å²) in [6.45, 7) is 0. The van der Waals surface area contributed by atoms with Crippen LogP contribution in [0.5, 0.6) is 5.75 Å². The van der Waals surface area contributed by atoms with Gasteiger partial charge in [0.2, 0.25) is 5.91 Å². The molecule has 0 saturated carbocycles. The zero-order valence-electron chi connectivity index (χ0n) is 16.1. The first kappa shape index (κ1) is 21.2. The minimum atomic E-state index is -3.15. The molecule has 0 unspecified atom stereocenters. The lowest BCUT2D eigenvalue weighted by Gasteiger charge is -2.27. The Morgan fingerprint density at radius 2 is 1.97 bits per heavy atom. The maximum Gasteiger partial charge on any atom is 0.234 e. The minimum absolute atomic E-state index is 0.0263. The number of carbonyl (C=O) groups is 1. The van der Waals surface area contributed by atoms with Crippen molar-refractivity contribution in [2.45, 2.75) is 12.1 Å². The van der Waals surface area contributed by atoms with Crippen molar-refractivity contribution in [2.75, 3.05) is 34.6 Å². The zero-order chi connectivity index (χ0) is 21.3. The number of benzene rings is 2. The van der Waals surface area contributed by atoms with Crippen molar-refractivity contribution < 1.29 is 17.9 Å². The first-order chi connectivity index (χ1) is 14.4. The Kier molecular flexibility index (Phi) is 6.08. The molecule has 30 heavy (non-hydrogen) atoms. The van der Waals surface area contributed by atoms with Crippen LogP contribution in [-0.2, 0) is 14.6 Å². The number of rotatable bonds is 5. The van der Waals surface area contributed by atoms with Crippen LogP contribution in [0.2, 0.25) is 0 Å². The first-order valence-corrected chi connectivity index (χ1v) is 12.8. The number of hydrogen-bond acceptors (Lipinski definition) is 7. The van der Waals surface area contributed by atoms with E-state index in [-0.39, 0.29) is 35.2 Å². The fourth-order valence-electron chi connectivity index (χ4n) is 3.60. The summed E-state index contributed by atoms with van der Waals surface area (Å²) in [6.07, 6.45) is 0. The predicted molar refractivity (Wildman–Crippen MR) is 124 cm³/mol. The Labute approximate surface area is 187 Å². The number of methoxy groups -OCH3 is 1. The maximum absolute atomic E-state index is 12.4. The Bertz CT molecular complexity index is 1090. The number of thioether (sulfide) groups is 1. The number of fused-ring (bicyclic) bond motifs is 1. The van der Waals surface area contributed by atoms with Crippen LogP contribution in [0, 0.1) is 0 Å². The lowest BCUT2D eigenvalue weighted by molar-refractivity contribution is -0.113. The van der Waals surface area contributed by atoms with Crippen LogP contribution in [0.1, 0.15) is 0 Å². The Hall–Kier alpha value is -2.04. The average molecular weight is 510 g/mol. The number of para-hydroxylation sites is 2. The number of nitrogens with one attached hydrogen (secondary N) is 1. The van der Waals surface area contributed by atoms with E-state index in [9.17, 15) is 13.2 Å². The molecule has 0 bridgehead atoms. The Balaban J connectivity index is 1.53. The number of amidine groups is 1. The van der Waals surface area contributed by atoms with Crippen molar-refractivity contribution in [1.82, 2.24) is 0 Å². The third kappa shape index (κ3) is 4.50. The summed E-state index contributed by atoms with van der Waals surface area (Å²) in [6, 6.07) is 14.2. The number of nitrogens with zero attached hydrogens (tertiary/aromatic N) is 2. The summed E-state index contributed by atoms with van der Waals surface area (Å²) in [5, 5.41) is 3.49. The summed E-state index contributed by atoms with van der Waals surface area (Å²) in [5.41, 5.74) is 1.46. The van der Waals surface area contributed by atoms with Crippen molar-refractivity contribution in [3.05, 3.63) is 53.0 Å². The van der Waals surface area contributed by atoms with Gasteiger partial charge >= 0.3 is 0 Å². The van der Waals surface area contributed by atoms with Crippen molar-refractivity contribution in [2.24, 2.45) is 4.99 Å². The molecule has 0 aliphatic carbocycles. The molecule has 2 atom stereocenters. The van der Waals surface area contributed by atoms with Gasteiger partial charge in [-0.3, -0.25) is 9.79 Å². The second kappa shape index (κ2) is 8.60. The van der Waals surface area contributed by atoms with E-state index >= 15 is 0 Å². The van der Waals surface area contributed by atoms with E-state index in [0.717, 1.165) is 10.2 Å². The molecule has 1 fully saturated rings. The summed E-state index contributed by atoms with van der Waals surface area (Å²) in [7, 11) is -1.57. The van der Waals surface area contributed by atoms with E-state index in [1.54, 1.807) is 7.11 Å². The molecule has 2 aromatic rings. The Morgan fingerprint density at radius 1 is 1.23 bits per heavy atom. The van der Waals surface area contributed by atoms with Gasteiger partial charge in [-0.1, -0.05) is 39.8 Å². The van der Waals surface area contributed by atoms with E-state index in [1.165, 1.54) is 11.8 Å². The maximum atomic E-state index is 12.4. The van der Waals surface area contributed by atoms with Gasteiger partial charge in [0, 0.05) is 10.2 Å². The number of hydrogen-bond donors (Lipinski definition) is 1. The number of halogens is 1. The number of carbonyl (C=O) groups excluding carboxylic acids is 1. The van der Waals surface area contributed by atoms with Gasteiger partial charge in [0.15, 0.2) is 15.0 Å². The van der Waals surface area contributed by atoms with Crippen LogP contribution in [0.3, 0.4) is 0 Å². The van der Waals surface area contributed by atoms with Gasteiger partial charge in [0.25, 0.3) is 0 Å². The number of sulfone groups is 1. The highest BCUT2D eigenvalue weighted by atomic mass is 79.9. The van der Waals surface area contributed by atoms with Crippen molar-refractivity contribution in [1.29, 1.82) is 0 Å². The topological polar surface area (TPSA) is 88.1 Å². The lowest BCUT2D eigenvalue weighted by Crippen LogP contribution is -2.39. The molecule has 0 spiro atoms. The zero-order valence-corrected chi connectivity index (χ0v) is 19.3. The highest BCUT2D eigenvalue weighted by molar-refractivity contribution is 9.10. The highest BCUT2D eigenvalue weighted by Gasteiger charge is 2.47. The average Bonchev–Trinajstić information content (AvgIpc) is 3.19. The number of aliphatic imine (C=N–C) groups is 1. The fraction of sp³-hybridized carbons (Fsp3) is 0.300. The largest absolute Gasteiger partial charge is 0.495 e. The monoisotopic (exact) mass is 509 g/mol. The molecule has 2 aromatic carbocycles. The van der Waals surface area contributed by atoms with E-state index in [2.05, 4.69) is 26.2 Å². The van der Waals surface area contributed by atoms with E-state index < -0.39 is 9.84 Å². The first-order valence-electron chi connectivity index (χ1n) is 9.25. The molecule has 2 aliphatic heterocycles. The predicted octanol–water partition coefficient (Wildman–Crippen LogP) is 3.17. The van der Waals surface area contributed by atoms with Crippen LogP contribution in [0.4, 0.5) is 11.4 Å². The quantitative estimate of drug-likeness (QED) is 0.665. The van der Waals surface area contributed by atoms with Crippen LogP contribution in [0.15, 0.2) is 58.0 Å². The summed E-state index contributed by atoms with van der Waals surface area (Å²) >= 11 is 4.67. The van der Waals surface area contributed by atoms with Gasteiger partial charge < -0.3 is 15.0 Å². The molecule has 4 rings (SSSR count). The van der Waals surface area contributed by atoms with Gasteiger partial charge in [0.05, 0.1) is 42.1 Å². The summed E-state index contributed by atoms with van der Waals surface area (Å²) in [4.78, 5) is 19.0. The van der Waals surface area contributed by atoms with E-state index in [0.29, 0.717) is 16.6 Å². The van der Waals surface area contributed by atoms with E-state index in [1.807, 2.05) is 53.4 Å². The molecule has 1 amide bonds. The van der Waals surface area contributed by atoms with Gasteiger partial charge in [0.1, 0.15) is 5.75 Å². The second-order valence-corrected chi connectivity index (χ2v) is 11.0. The van der Waals surface area contributed by atoms with Gasteiger partial charge in [-0.15, -0.1) is 0 Å². The third-order valence-corrected chi connectivity index (χ3v) is 8.11. The highest BCUT2D eigenvalue weighted by Crippen LogP contribution is 2.39. The number of amides is 1. The standard InChI is InChI=1S/C20H20BrN3O4S2/c1-28-18-5-3-2-4-16(18)24-17-12-30(26,27)11-15(17)23-20(24)29-10-19(25)22-14-8-6-13(21)7-9-14/h2-9,15,17H,10-12H2,1H3,(H,22,25)/t15-,17+/m0/s1. The molecule has 158 valence electrons. The van der Waals surface area contributed by atoms with Gasteiger partial charge in [-0.2, -0.15) is 0 Å². The molecule has 0 aromatic heterocycles. The van der Waals surface area contributed by atoms with Crippen molar-refractivity contribution in [3.8, 4) is 5.75 Å². The smallest absolute Gasteiger partial charge is 0.234 e.